The van der Waals surface area contributed by atoms with Gasteiger partial charge in [-0.1, -0.05) is 19.9 Å². The molecule has 0 radical (unpaired) electrons. The first-order chi connectivity index (χ1) is 9.63. The summed E-state index contributed by atoms with van der Waals surface area (Å²) in [4.78, 5) is 3.81. The van der Waals surface area contributed by atoms with Crippen LogP contribution >= 0.6 is 11.3 Å². The van der Waals surface area contributed by atoms with E-state index >= 15 is 0 Å². The van der Waals surface area contributed by atoms with Gasteiger partial charge in [0.05, 0.1) is 12.2 Å². The quantitative estimate of drug-likeness (QED) is 0.798. The van der Waals surface area contributed by atoms with E-state index < -0.39 is 0 Å². The van der Waals surface area contributed by atoms with Gasteiger partial charge in [0, 0.05) is 24.5 Å². The zero-order valence-corrected chi connectivity index (χ0v) is 13.8. The summed E-state index contributed by atoms with van der Waals surface area (Å²) in [6.07, 6.45) is 3.21. The molecule has 2 atom stereocenters. The lowest BCUT2D eigenvalue weighted by molar-refractivity contribution is 0.0267. The fraction of sp³-hybridized carbons (Fsp3) is 0.750. The lowest BCUT2D eigenvalue weighted by Gasteiger charge is -2.21. The second-order valence-corrected chi connectivity index (χ2v) is 7.32. The molecule has 114 valence electrons. The molecule has 0 spiro atoms. The molecule has 1 N–H and O–H groups in total. The largest absolute Gasteiger partial charge is 0.372 e. The minimum absolute atomic E-state index is 0.408. The van der Waals surface area contributed by atoms with Gasteiger partial charge in [-0.15, -0.1) is 11.3 Å². The zero-order chi connectivity index (χ0) is 14.4. The number of ether oxygens (including phenoxy) is 1. The van der Waals surface area contributed by atoms with E-state index in [0.29, 0.717) is 18.1 Å². The van der Waals surface area contributed by atoms with Crippen molar-refractivity contribution in [1.82, 2.24) is 10.2 Å². The average molecular weight is 296 g/mol. The van der Waals surface area contributed by atoms with Crippen molar-refractivity contribution >= 4 is 11.3 Å². The summed E-state index contributed by atoms with van der Waals surface area (Å²) < 4.78 is 6.13. The second-order valence-electron chi connectivity index (χ2n) is 6.29. The number of nitrogens with zero attached hydrogens (tertiary/aromatic N) is 1. The van der Waals surface area contributed by atoms with E-state index in [9.17, 15) is 0 Å². The highest BCUT2D eigenvalue weighted by Gasteiger charge is 2.25. The predicted octanol–water partition coefficient (Wildman–Crippen LogP) is 2.97. The van der Waals surface area contributed by atoms with Gasteiger partial charge in [-0.2, -0.15) is 0 Å². The molecule has 0 amide bonds. The molecule has 3 nitrogen and oxygen atoms in total. The lowest BCUT2D eigenvalue weighted by atomic mass is 10.2. The van der Waals surface area contributed by atoms with Crippen LogP contribution in [0.2, 0.25) is 0 Å². The van der Waals surface area contributed by atoms with Crippen molar-refractivity contribution in [3.63, 3.8) is 0 Å². The van der Waals surface area contributed by atoms with Gasteiger partial charge in [0.1, 0.15) is 0 Å². The van der Waals surface area contributed by atoms with Crippen LogP contribution in [-0.4, -0.2) is 43.8 Å². The molecular formula is C16H28N2OS. The topological polar surface area (TPSA) is 24.5 Å². The van der Waals surface area contributed by atoms with Gasteiger partial charge in [0.2, 0.25) is 0 Å². The number of nitrogens with one attached hydrogen (secondary N) is 1. The molecule has 4 heteroatoms. The van der Waals surface area contributed by atoms with Crippen LogP contribution in [0, 0.1) is 5.92 Å². The Kier molecular flexibility index (Phi) is 6.49. The van der Waals surface area contributed by atoms with E-state index in [1.165, 1.54) is 17.7 Å². The van der Waals surface area contributed by atoms with Gasteiger partial charge in [-0.3, -0.25) is 4.90 Å². The van der Waals surface area contributed by atoms with Gasteiger partial charge in [0.25, 0.3) is 0 Å². The smallest absolute Gasteiger partial charge is 0.0707 e. The van der Waals surface area contributed by atoms with E-state index in [4.69, 9.17) is 4.74 Å². The second kappa shape index (κ2) is 8.13. The van der Waals surface area contributed by atoms with Crippen LogP contribution in [0.4, 0.5) is 0 Å². The van der Waals surface area contributed by atoms with Crippen molar-refractivity contribution in [2.24, 2.45) is 5.92 Å². The Hall–Kier alpha value is -0.420. The van der Waals surface area contributed by atoms with Gasteiger partial charge >= 0.3 is 0 Å². The summed E-state index contributed by atoms with van der Waals surface area (Å²) in [5, 5.41) is 5.64. The minimum atomic E-state index is 0.408. The van der Waals surface area contributed by atoms with Crippen LogP contribution < -0.4 is 5.32 Å². The highest BCUT2D eigenvalue weighted by Crippen LogP contribution is 2.21. The standard InChI is InChI=1S/C16H28N2OS/c1-13(2)9-17-10-14-6-7-15(19-14)11-18(3)12-16-5-4-8-20-16/h4-5,8,13-15,17H,6-7,9-12H2,1-3H3. The van der Waals surface area contributed by atoms with E-state index in [1.807, 2.05) is 11.3 Å². The molecular weight excluding hydrogens is 268 g/mol. The summed E-state index contributed by atoms with van der Waals surface area (Å²) >= 11 is 1.83. The highest BCUT2D eigenvalue weighted by molar-refractivity contribution is 7.09. The van der Waals surface area contributed by atoms with E-state index in [-0.39, 0.29) is 0 Å². The van der Waals surface area contributed by atoms with Crippen LogP contribution in [0.1, 0.15) is 31.6 Å². The Labute approximate surface area is 127 Å². The molecule has 1 aliphatic heterocycles. The summed E-state index contributed by atoms with van der Waals surface area (Å²) in [5.74, 6) is 0.712. The van der Waals surface area contributed by atoms with Crippen LogP contribution in [-0.2, 0) is 11.3 Å². The molecule has 1 aliphatic rings. The van der Waals surface area contributed by atoms with Gasteiger partial charge in [0.15, 0.2) is 0 Å². The Morgan fingerprint density at radius 2 is 2.20 bits per heavy atom. The maximum absolute atomic E-state index is 6.13. The first-order valence-corrected chi connectivity index (χ1v) is 8.58. The Bertz CT molecular complexity index is 367. The summed E-state index contributed by atoms with van der Waals surface area (Å²) in [5.41, 5.74) is 0. The molecule has 20 heavy (non-hydrogen) atoms. The molecule has 1 aromatic heterocycles. The molecule has 2 unspecified atom stereocenters. The number of rotatable bonds is 8. The van der Waals surface area contributed by atoms with Gasteiger partial charge in [-0.05, 0) is 43.8 Å². The molecule has 1 saturated heterocycles. The predicted molar refractivity (Wildman–Crippen MR) is 86.3 cm³/mol. The van der Waals surface area contributed by atoms with Crippen molar-refractivity contribution in [1.29, 1.82) is 0 Å². The third-order valence-electron chi connectivity index (χ3n) is 3.64. The first kappa shape index (κ1) is 16.0. The molecule has 0 aliphatic carbocycles. The normalized spacial score (nSPS) is 23.1. The third-order valence-corrected chi connectivity index (χ3v) is 4.50. The lowest BCUT2D eigenvalue weighted by Crippen LogP contribution is -2.32. The van der Waals surface area contributed by atoms with Crippen molar-refractivity contribution in [2.45, 2.75) is 45.4 Å². The number of likely N-dealkylation sites (N-methyl/N-ethyl adjacent to an activating group) is 1. The van der Waals surface area contributed by atoms with Gasteiger partial charge < -0.3 is 10.1 Å². The molecule has 2 rings (SSSR count). The van der Waals surface area contributed by atoms with E-state index in [2.05, 4.69) is 48.6 Å². The molecule has 0 bridgehead atoms. The van der Waals surface area contributed by atoms with E-state index in [1.54, 1.807) is 0 Å². The van der Waals surface area contributed by atoms with Crippen molar-refractivity contribution < 1.29 is 4.74 Å². The van der Waals surface area contributed by atoms with Crippen molar-refractivity contribution in [3.8, 4) is 0 Å². The van der Waals surface area contributed by atoms with Crippen LogP contribution in [0.15, 0.2) is 17.5 Å². The fourth-order valence-corrected chi connectivity index (χ4v) is 3.46. The number of hydrogen-bond acceptors (Lipinski definition) is 4. The third kappa shape index (κ3) is 5.52. The maximum Gasteiger partial charge on any atom is 0.0707 e. The summed E-state index contributed by atoms with van der Waals surface area (Å²) in [6, 6.07) is 4.33. The van der Waals surface area contributed by atoms with Crippen LogP contribution in [0.3, 0.4) is 0 Å². The monoisotopic (exact) mass is 296 g/mol. The highest BCUT2D eigenvalue weighted by atomic mass is 32.1. The Morgan fingerprint density at radius 3 is 2.90 bits per heavy atom. The molecule has 1 fully saturated rings. The fourth-order valence-electron chi connectivity index (χ4n) is 2.68. The van der Waals surface area contributed by atoms with Crippen LogP contribution in [0.25, 0.3) is 0 Å². The van der Waals surface area contributed by atoms with Crippen molar-refractivity contribution in [3.05, 3.63) is 22.4 Å². The molecule has 1 aromatic rings. The zero-order valence-electron chi connectivity index (χ0n) is 13.0. The summed E-state index contributed by atoms with van der Waals surface area (Å²) in [6.45, 7) is 8.65. The molecule has 0 saturated carbocycles. The minimum Gasteiger partial charge on any atom is -0.372 e. The Morgan fingerprint density at radius 1 is 1.40 bits per heavy atom. The maximum atomic E-state index is 6.13. The van der Waals surface area contributed by atoms with Crippen LogP contribution in [0.5, 0.6) is 0 Å². The SMILES string of the molecule is CC(C)CNCC1CCC(CN(C)Cc2cccs2)O1. The number of hydrogen-bond donors (Lipinski definition) is 1. The average Bonchev–Trinajstić information content (AvgIpc) is 3.01. The van der Waals surface area contributed by atoms with E-state index in [0.717, 1.165) is 26.2 Å². The van der Waals surface area contributed by atoms with Gasteiger partial charge in [-0.25, -0.2) is 0 Å². The molecule has 0 aromatic carbocycles. The molecule has 2 heterocycles. The van der Waals surface area contributed by atoms with Crippen molar-refractivity contribution in [2.75, 3.05) is 26.7 Å². The first-order valence-electron chi connectivity index (χ1n) is 7.70. The summed E-state index contributed by atoms with van der Waals surface area (Å²) in [7, 11) is 2.19. The Balaban J connectivity index is 1.62. The number of thiophene rings is 1.